The fraction of sp³-hybridized carbons (Fsp3) is 0.625. The Kier molecular flexibility index (Phi) is 4.27. The van der Waals surface area contributed by atoms with Gasteiger partial charge in [-0.25, -0.2) is 0 Å². The largest absolute Gasteiger partial charge is 0.310 e. The zero-order chi connectivity index (χ0) is 12.2. The summed E-state index contributed by atoms with van der Waals surface area (Å²) < 4.78 is 0. The Hall–Kier alpha value is -0.470. The third-order valence-corrected chi connectivity index (χ3v) is 5.41. The predicted octanol–water partition coefficient (Wildman–Crippen LogP) is 3.80. The van der Waals surface area contributed by atoms with Crippen molar-refractivity contribution >= 4 is 11.8 Å². The molecule has 1 nitrogen and oxygen atoms in total. The maximum Gasteiger partial charge on any atom is 0.0323 e. The standard InChI is InChI=1S/C16H23NS/c1-2-6-15-14(4-1)5-3-7-16(15)17-12-13-8-10-18-11-9-13/h1-2,4,6,13,16-17H,3,5,7-12H2. The van der Waals surface area contributed by atoms with Crippen molar-refractivity contribution in [3.05, 3.63) is 35.4 Å². The van der Waals surface area contributed by atoms with E-state index in [1.807, 2.05) is 0 Å². The van der Waals surface area contributed by atoms with Gasteiger partial charge in [0.1, 0.15) is 0 Å². The van der Waals surface area contributed by atoms with Gasteiger partial charge in [-0.3, -0.25) is 0 Å². The molecule has 2 heteroatoms. The van der Waals surface area contributed by atoms with Gasteiger partial charge in [0.2, 0.25) is 0 Å². The number of hydrogen-bond donors (Lipinski definition) is 1. The van der Waals surface area contributed by atoms with E-state index in [0.29, 0.717) is 6.04 Å². The minimum Gasteiger partial charge on any atom is -0.310 e. The van der Waals surface area contributed by atoms with Crippen LogP contribution in [0.3, 0.4) is 0 Å². The van der Waals surface area contributed by atoms with Gasteiger partial charge >= 0.3 is 0 Å². The molecule has 1 aliphatic carbocycles. The van der Waals surface area contributed by atoms with Gasteiger partial charge in [-0.05, 0) is 67.2 Å². The Morgan fingerprint density at radius 2 is 1.94 bits per heavy atom. The van der Waals surface area contributed by atoms with Gasteiger partial charge < -0.3 is 5.32 Å². The molecule has 2 aliphatic rings. The molecule has 1 aliphatic heterocycles. The third-order valence-electron chi connectivity index (χ3n) is 4.36. The summed E-state index contributed by atoms with van der Waals surface area (Å²) in [5.74, 6) is 3.65. The van der Waals surface area contributed by atoms with Gasteiger partial charge in [0, 0.05) is 6.04 Å². The van der Waals surface area contributed by atoms with Gasteiger partial charge in [0.15, 0.2) is 0 Å². The van der Waals surface area contributed by atoms with Crippen LogP contribution in [0.4, 0.5) is 0 Å². The smallest absolute Gasteiger partial charge is 0.0323 e. The second kappa shape index (κ2) is 6.12. The lowest BCUT2D eigenvalue weighted by Crippen LogP contribution is -2.31. The number of rotatable bonds is 3. The summed E-state index contributed by atoms with van der Waals surface area (Å²) in [5, 5.41) is 3.84. The van der Waals surface area contributed by atoms with Gasteiger partial charge in [0.05, 0.1) is 0 Å². The molecule has 1 unspecified atom stereocenters. The average Bonchev–Trinajstić information content (AvgIpc) is 2.46. The molecule has 1 atom stereocenters. The summed E-state index contributed by atoms with van der Waals surface area (Å²) >= 11 is 2.12. The van der Waals surface area contributed by atoms with Crippen molar-refractivity contribution in [2.45, 2.75) is 38.1 Å². The van der Waals surface area contributed by atoms with Gasteiger partial charge in [-0.1, -0.05) is 24.3 Å². The van der Waals surface area contributed by atoms with Crippen molar-refractivity contribution in [3.8, 4) is 0 Å². The third kappa shape index (κ3) is 2.92. The minimum absolute atomic E-state index is 0.615. The Bertz CT molecular complexity index is 384. The fourth-order valence-electron chi connectivity index (χ4n) is 3.23. The molecule has 0 saturated carbocycles. The molecule has 18 heavy (non-hydrogen) atoms. The zero-order valence-corrected chi connectivity index (χ0v) is 11.8. The molecular formula is C16H23NS. The molecule has 0 spiro atoms. The number of nitrogens with one attached hydrogen (secondary N) is 1. The first-order chi connectivity index (χ1) is 8.93. The molecule has 1 saturated heterocycles. The summed E-state index contributed by atoms with van der Waals surface area (Å²) in [6.07, 6.45) is 6.75. The molecule has 0 amide bonds. The van der Waals surface area contributed by atoms with Crippen LogP contribution in [0.5, 0.6) is 0 Å². The highest BCUT2D eigenvalue weighted by Crippen LogP contribution is 2.30. The quantitative estimate of drug-likeness (QED) is 0.888. The maximum atomic E-state index is 3.84. The van der Waals surface area contributed by atoms with Gasteiger partial charge in [-0.15, -0.1) is 0 Å². The van der Waals surface area contributed by atoms with E-state index in [2.05, 4.69) is 41.3 Å². The normalized spacial score (nSPS) is 24.8. The summed E-state index contributed by atoms with van der Waals surface area (Å²) in [4.78, 5) is 0. The van der Waals surface area contributed by atoms with Crippen molar-refractivity contribution in [2.24, 2.45) is 5.92 Å². The van der Waals surface area contributed by atoms with E-state index in [0.717, 1.165) is 5.92 Å². The molecule has 1 fully saturated rings. The van der Waals surface area contributed by atoms with Crippen LogP contribution in [0.2, 0.25) is 0 Å². The van der Waals surface area contributed by atoms with Crippen LogP contribution in [-0.4, -0.2) is 18.1 Å². The number of aryl methyl sites for hydroxylation is 1. The monoisotopic (exact) mass is 261 g/mol. The molecule has 1 heterocycles. The first-order valence-corrected chi connectivity index (χ1v) is 8.48. The van der Waals surface area contributed by atoms with Crippen molar-refractivity contribution in [1.82, 2.24) is 5.32 Å². The minimum atomic E-state index is 0.615. The lowest BCUT2D eigenvalue weighted by atomic mass is 9.87. The van der Waals surface area contributed by atoms with Crippen LogP contribution in [0.25, 0.3) is 0 Å². The Labute approximate surface area is 115 Å². The second-order valence-corrected chi connectivity index (χ2v) is 6.83. The average molecular weight is 261 g/mol. The lowest BCUT2D eigenvalue weighted by molar-refractivity contribution is 0.385. The van der Waals surface area contributed by atoms with Crippen molar-refractivity contribution in [1.29, 1.82) is 0 Å². The Balaban J connectivity index is 1.60. The summed E-state index contributed by atoms with van der Waals surface area (Å²) in [7, 11) is 0. The second-order valence-electron chi connectivity index (χ2n) is 5.61. The number of benzene rings is 1. The highest BCUT2D eigenvalue weighted by atomic mass is 32.2. The summed E-state index contributed by atoms with van der Waals surface area (Å²) in [6.45, 7) is 1.22. The van der Waals surface area contributed by atoms with Crippen molar-refractivity contribution in [3.63, 3.8) is 0 Å². The molecule has 98 valence electrons. The van der Waals surface area contributed by atoms with E-state index in [1.54, 1.807) is 11.1 Å². The Morgan fingerprint density at radius 3 is 2.83 bits per heavy atom. The molecule has 0 bridgehead atoms. The predicted molar refractivity (Wildman–Crippen MR) is 80.2 cm³/mol. The van der Waals surface area contributed by atoms with E-state index in [9.17, 15) is 0 Å². The maximum absolute atomic E-state index is 3.84. The first kappa shape index (κ1) is 12.6. The summed E-state index contributed by atoms with van der Waals surface area (Å²) in [5.41, 5.74) is 3.13. The topological polar surface area (TPSA) is 12.0 Å². The van der Waals surface area contributed by atoms with E-state index in [4.69, 9.17) is 0 Å². The highest BCUT2D eigenvalue weighted by Gasteiger charge is 2.21. The van der Waals surface area contributed by atoms with Crippen LogP contribution in [0.15, 0.2) is 24.3 Å². The van der Waals surface area contributed by atoms with E-state index < -0.39 is 0 Å². The molecular weight excluding hydrogens is 238 g/mol. The molecule has 1 aromatic carbocycles. The number of thioether (sulfide) groups is 1. The van der Waals surface area contributed by atoms with Crippen LogP contribution in [0.1, 0.15) is 42.9 Å². The van der Waals surface area contributed by atoms with Crippen LogP contribution >= 0.6 is 11.8 Å². The number of fused-ring (bicyclic) bond motifs is 1. The van der Waals surface area contributed by atoms with E-state index >= 15 is 0 Å². The zero-order valence-electron chi connectivity index (χ0n) is 11.0. The fourth-order valence-corrected chi connectivity index (χ4v) is 4.43. The molecule has 1 N–H and O–H groups in total. The van der Waals surface area contributed by atoms with Crippen LogP contribution < -0.4 is 5.32 Å². The highest BCUT2D eigenvalue weighted by molar-refractivity contribution is 7.99. The van der Waals surface area contributed by atoms with E-state index in [-0.39, 0.29) is 0 Å². The number of hydrogen-bond acceptors (Lipinski definition) is 2. The van der Waals surface area contributed by atoms with Crippen molar-refractivity contribution < 1.29 is 0 Å². The Morgan fingerprint density at radius 1 is 1.11 bits per heavy atom. The van der Waals surface area contributed by atoms with Crippen molar-refractivity contribution in [2.75, 3.05) is 18.1 Å². The SMILES string of the molecule is c1ccc2c(c1)CCCC2NCC1CCSCC1. The van der Waals surface area contributed by atoms with Gasteiger partial charge in [-0.2, -0.15) is 11.8 Å². The molecule has 0 radical (unpaired) electrons. The molecule has 0 aromatic heterocycles. The lowest BCUT2D eigenvalue weighted by Gasteiger charge is -2.29. The van der Waals surface area contributed by atoms with Crippen LogP contribution in [0, 0.1) is 5.92 Å². The van der Waals surface area contributed by atoms with E-state index in [1.165, 1.54) is 50.2 Å². The van der Waals surface area contributed by atoms with Crippen LogP contribution in [-0.2, 0) is 6.42 Å². The molecule has 3 rings (SSSR count). The molecule has 1 aromatic rings. The first-order valence-electron chi connectivity index (χ1n) is 7.32. The summed E-state index contributed by atoms with van der Waals surface area (Å²) in [6, 6.07) is 9.61. The van der Waals surface area contributed by atoms with Gasteiger partial charge in [0.25, 0.3) is 0 Å².